The summed E-state index contributed by atoms with van der Waals surface area (Å²) >= 11 is 0. The fourth-order valence-electron chi connectivity index (χ4n) is 1.56. The van der Waals surface area contributed by atoms with Gasteiger partial charge in [-0.1, -0.05) is 0 Å². The molecule has 0 saturated carbocycles. The molecule has 0 spiro atoms. The third kappa shape index (κ3) is 2.04. The molecule has 1 aromatic rings. The number of nitrogens with zero attached hydrogens (tertiary/aromatic N) is 1. The zero-order valence-electron chi connectivity index (χ0n) is 9.65. The Kier molecular flexibility index (Phi) is 3.19. The Morgan fingerprint density at radius 1 is 1.60 bits per heavy atom. The van der Waals surface area contributed by atoms with Crippen molar-refractivity contribution < 1.29 is 9.53 Å². The maximum atomic E-state index is 11.6. The minimum Gasteiger partial charge on any atom is -0.469 e. The van der Waals surface area contributed by atoms with Gasteiger partial charge in [-0.05, 0) is 26.0 Å². The van der Waals surface area contributed by atoms with E-state index >= 15 is 0 Å². The predicted octanol–water partition coefficient (Wildman–Crippen LogP) is 1.22. The third-order valence-corrected chi connectivity index (χ3v) is 2.79. The Hall–Kier alpha value is -1.29. The molecule has 0 aliphatic carbocycles. The normalized spacial score (nSPS) is 13.7. The molecule has 0 saturated heterocycles. The maximum Gasteiger partial charge on any atom is 0.313 e. The molecule has 0 aliphatic rings. The lowest BCUT2D eigenvalue weighted by Crippen LogP contribution is -2.38. The fourth-order valence-corrected chi connectivity index (χ4v) is 1.56. The van der Waals surface area contributed by atoms with E-state index in [1.165, 1.54) is 7.11 Å². The number of hydrogen-bond donors (Lipinski definition) is 1. The summed E-state index contributed by atoms with van der Waals surface area (Å²) in [4.78, 5) is 11.6. The van der Waals surface area contributed by atoms with Crippen LogP contribution in [0.25, 0.3) is 0 Å². The van der Waals surface area contributed by atoms with Gasteiger partial charge in [0.2, 0.25) is 0 Å². The van der Waals surface area contributed by atoms with E-state index in [9.17, 15) is 4.79 Å². The van der Waals surface area contributed by atoms with Crippen molar-refractivity contribution in [1.29, 1.82) is 0 Å². The summed E-state index contributed by atoms with van der Waals surface area (Å²) in [6, 6.07) is 3.45. The molecule has 0 radical (unpaired) electrons. The molecule has 1 rings (SSSR count). The monoisotopic (exact) mass is 210 g/mol. The molecule has 4 nitrogen and oxygen atoms in total. The molecule has 0 amide bonds. The Morgan fingerprint density at radius 3 is 2.60 bits per heavy atom. The van der Waals surface area contributed by atoms with Crippen LogP contribution in [0, 0.1) is 5.41 Å². The second kappa shape index (κ2) is 4.06. The minimum absolute atomic E-state index is 0.295. The number of methoxy groups -OCH3 is 1. The molecule has 0 unspecified atom stereocenters. The summed E-state index contributed by atoms with van der Waals surface area (Å²) in [5.74, 6) is -0.295. The predicted molar refractivity (Wildman–Crippen MR) is 58.1 cm³/mol. The maximum absolute atomic E-state index is 11.6. The van der Waals surface area contributed by atoms with Crippen LogP contribution < -0.4 is 5.73 Å². The number of aromatic nitrogens is 1. The van der Waals surface area contributed by atoms with Crippen LogP contribution in [0.1, 0.15) is 25.6 Å². The highest BCUT2D eigenvalue weighted by atomic mass is 16.5. The second-order valence-electron chi connectivity index (χ2n) is 4.23. The number of esters is 1. The van der Waals surface area contributed by atoms with Crippen LogP contribution in [-0.4, -0.2) is 17.6 Å². The molecule has 1 atom stereocenters. The van der Waals surface area contributed by atoms with E-state index in [0.29, 0.717) is 0 Å². The largest absolute Gasteiger partial charge is 0.469 e. The minimum atomic E-state index is -0.721. The van der Waals surface area contributed by atoms with E-state index in [4.69, 9.17) is 10.5 Å². The Morgan fingerprint density at radius 2 is 2.20 bits per heavy atom. The van der Waals surface area contributed by atoms with Crippen LogP contribution in [0.3, 0.4) is 0 Å². The van der Waals surface area contributed by atoms with E-state index < -0.39 is 5.41 Å². The van der Waals surface area contributed by atoms with Crippen LogP contribution in [0.15, 0.2) is 18.3 Å². The molecule has 1 aromatic heterocycles. The highest BCUT2D eigenvalue weighted by molar-refractivity contribution is 5.76. The summed E-state index contributed by atoms with van der Waals surface area (Å²) in [5.41, 5.74) is 6.27. The molecule has 1 heterocycles. The van der Waals surface area contributed by atoms with Gasteiger partial charge in [-0.3, -0.25) is 4.79 Å². The van der Waals surface area contributed by atoms with Crippen LogP contribution >= 0.6 is 0 Å². The second-order valence-corrected chi connectivity index (χ2v) is 4.23. The molecule has 0 aromatic carbocycles. The van der Waals surface area contributed by atoms with Gasteiger partial charge in [0.25, 0.3) is 0 Å². The average molecular weight is 210 g/mol. The highest BCUT2D eigenvalue weighted by Crippen LogP contribution is 2.32. The van der Waals surface area contributed by atoms with Gasteiger partial charge in [0.05, 0.1) is 18.6 Å². The van der Waals surface area contributed by atoms with Crippen LogP contribution in [0.2, 0.25) is 0 Å². The quantitative estimate of drug-likeness (QED) is 0.763. The lowest BCUT2D eigenvalue weighted by Gasteiger charge is -2.28. The van der Waals surface area contributed by atoms with Gasteiger partial charge in [-0.2, -0.15) is 0 Å². The molecule has 4 heteroatoms. The van der Waals surface area contributed by atoms with Gasteiger partial charge in [-0.15, -0.1) is 0 Å². The standard InChI is InChI=1S/C11H18N2O2/c1-11(2,10(14)15-4)9(12)8-6-5-7-13(8)3/h5-7,9H,12H2,1-4H3/t9-/m1/s1. The van der Waals surface area contributed by atoms with Crippen molar-refractivity contribution in [3.05, 3.63) is 24.0 Å². The summed E-state index contributed by atoms with van der Waals surface area (Å²) in [7, 11) is 3.28. The molecule has 0 aliphatic heterocycles. The van der Waals surface area contributed by atoms with Crippen LogP contribution in [0.4, 0.5) is 0 Å². The summed E-state index contributed by atoms with van der Waals surface area (Å²) < 4.78 is 6.66. The van der Waals surface area contributed by atoms with Crippen molar-refractivity contribution in [2.75, 3.05) is 7.11 Å². The number of carbonyl (C=O) groups is 1. The van der Waals surface area contributed by atoms with E-state index in [-0.39, 0.29) is 12.0 Å². The van der Waals surface area contributed by atoms with E-state index in [1.807, 2.05) is 29.9 Å². The SMILES string of the molecule is COC(=O)C(C)(C)[C@H](N)c1cccn1C. The van der Waals surface area contributed by atoms with Crippen LogP contribution in [-0.2, 0) is 16.6 Å². The topological polar surface area (TPSA) is 57.2 Å². The zero-order valence-corrected chi connectivity index (χ0v) is 9.65. The Balaban J connectivity index is 2.99. The number of rotatable bonds is 3. The van der Waals surface area contributed by atoms with Crippen molar-refractivity contribution in [2.45, 2.75) is 19.9 Å². The number of carbonyl (C=O) groups excluding carboxylic acids is 1. The lowest BCUT2D eigenvalue weighted by molar-refractivity contribution is -0.152. The number of aryl methyl sites for hydroxylation is 1. The van der Waals surface area contributed by atoms with E-state index in [0.717, 1.165) is 5.69 Å². The molecule has 0 bridgehead atoms. The first-order chi connectivity index (χ1) is 6.91. The number of hydrogen-bond acceptors (Lipinski definition) is 3. The van der Waals surface area contributed by atoms with Crippen molar-refractivity contribution in [3.63, 3.8) is 0 Å². The molecular weight excluding hydrogens is 192 g/mol. The third-order valence-electron chi connectivity index (χ3n) is 2.79. The lowest BCUT2D eigenvalue weighted by atomic mass is 9.83. The zero-order chi connectivity index (χ0) is 11.6. The van der Waals surface area contributed by atoms with E-state index in [2.05, 4.69) is 0 Å². The molecule has 84 valence electrons. The van der Waals surface area contributed by atoms with Gasteiger partial charge in [0.1, 0.15) is 0 Å². The Labute approximate surface area is 90.0 Å². The van der Waals surface area contributed by atoms with Gasteiger partial charge in [0, 0.05) is 18.9 Å². The number of ether oxygens (including phenoxy) is 1. The summed E-state index contributed by atoms with van der Waals surface area (Å²) in [5, 5.41) is 0. The van der Waals surface area contributed by atoms with Crippen molar-refractivity contribution in [2.24, 2.45) is 18.2 Å². The van der Waals surface area contributed by atoms with Crippen molar-refractivity contribution in [1.82, 2.24) is 4.57 Å². The number of nitrogens with two attached hydrogens (primary N) is 1. The molecule has 15 heavy (non-hydrogen) atoms. The molecule has 2 N–H and O–H groups in total. The molecular formula is C11H18N2O2. The van der Waals surface area contributed by atoms with Gasteiger partial charge >= 0.3 is 5.97 Å². The van der Waals surface area contributed by atoms with Gasteiger partial charge in [0.15, 0.2) is 0 Å². The first-order valence-corrected chi connectivity index (χ1v) is 4.86. The van der Waals surface area contributed by atoms with Gasteiger partial charge in [-0.25, -0.2) is 0 Å². The van der Waals surface area contributed by atoms with Crippen molar-refractivity contribution in [3.8, 4) is 0 Å². The van der Waals surface area contributed by atoms with Crippen molar-refractivity contribution >= 4 is 5.97 Å². The average Bonchev–Trinajstić information content (AvgIpc) is 2.61. The first kappa shape index (κ1) is 11.8. The first-order valence-electron chi connectivity index (χ1n) is 4.86. The highest BCUT2D eigenvalue weighted by Gasteiger charge is 2.37. The fraction of sp³-hybridized carbons (Fsp3) is 0.545. The van der Waals surface area contributed by atoms with Crippen LogP contribution in [0.5, 0.6) is 0 Å². The Bertz CT molecular complexity index is 355. The van der Waals surface area contributed by atoms with E-state index in [1.54, 1.807) is 13.8 Å². The smallest absolute Gasteiger partial charge is 0.313 e. The molecule has 0 fully saturated rings. The van der Waals surface area contributed by atoms with Gasteiger partial charge < -0.3 is 15.0 Å². The summed E-state index contributed by atoms with van der Waals surface area (Å²) in [6.45, 7) is 3.58. The summed E-state index contributed by atoms with van der Waals surface area (Å²) in [6.07, 6.45) is 1.91.